The van der Waals surface area contributed by atoms with Crippen LogP contribution in [0.15, 0.2) is 77.3 Å². The van der Waals surface area contributed by atoms with Crippen molar-refractivity contribution in [2.45, 2.75) is 6.10 Å². The first-order valence-corrected chi connectivity index (χ1v) is 9.89. The van der Waals surface area contributed by atoms with E-state index in [0.717, 1.165) is 10.9 Å². The number of fused-ring (bicyclic) bond motifs is 2. The van der Waals surface area contributed by atoms with Crippen LogP contribution in [0.3, 0.4) is 0 Å². The molecule has 0 aliphatic carbocycles. The molecule has 0 fully saturated rings. The van der Waals surface area contributed by atoms with E-state index in [-0.39, 0.29) is 18.4 Å². The molecule has 0 unspecified atom stereocenters. The Morgan fingerprint density at radius 1 is 1.03 bits per heavy atom. The zero-order valence-electron chi connectivity index (χ0n) is 16.7. The number of carbonyl (C=O) groups excluding carboxylic acids is 2. The van der Waals surface area contributed by atoms with Crippen LogP contribution in [0.4, 0.5) is 5.69 Å². The first-order valence-electron chi connectivity index (χ1n) is 9.89. The lowest BCUT2D eigenvalue weighted by atomic mass is 10.0. The predicted octanol–water partition coefficient (Wildman–Crippen LogP) is 3.65. The minimum absolute atomic E-state index is 0.114. The lowest BCUT2D eigenvalue weighted by Gasteiger charge is -2.34. The predicted molar refractivity (Wildman–Crippen MR) is 116 cm³/mol. The summed E-state index contributed by atoms with van der Waals surface area (Å²) in [4.78, 5) is 27.3. The maximum absolute atomic E-state index is 13.5. The molecule has 0 spiro atoms. The fraction of sp³-hybridized carbons (Fsp3) is 0.125. The minimum atomic E-state index is -0.789. The van der Waals surface area contributed by atoms with E-state index in [1.54, 1.807) is 42.3 Å². The van der Waals surface area contributed by atoms with Gasteiger partial charge in [0, 0.05) is 18.2 Å². The molecular formula is C24H19N3O4. The van der Waals surface area contributed by atoms with Crippen LogP contribution >= 0.6 is 0 Å². The van der Waals surface area contributed by atoms with E-state index in [9.17, 15) is 9.59 Å². The molecule has 1 atom stereocenters. The maximum Gasteiger partial charge on any atom is 0.262 e. The van der Waals surface area contributed by atoms with Crippen LogP contribution < -0.4 is 15.0 Å². The molecule has 154 valence electrons. The van der Waals surface area contributed by atoms with Gasteiger partial charge in [-0.3, -0.25) is 9.59 Å². The number of rotatable bonds is 3. The molecule has 31 heavy (non-hydrogen) atoms. The number of amides is 2. The summed E-state index contributed by atoms with van der Waals surface area (Å²) < 4.78 is 11.4. The van der Waals surface area contributed by atoms with Crippen LogP contribution in [-0.4, -0.2) is 36.7 Å². The van der Waals surface area contributed by atoms with Crippen LogP contribution in [0.25, 0.3) is 22.2 Å². The first-order chi connectivity index (χ1) is 15.2. The molecule has 2 heterocycles. The summed E-state index contributed by atoms with van der Waals surface area (Å²) in [7, 11) is 1.54. The molecule has 2 amide bonds. The quantitative estimate of drug-likeness (QED) is 0.554. The van der Waals surface area contributed by atoms with Gasteiger partial charge in [0.15, 0.2) is 11.9 Å². The number of benzene rings is 3. The van der Waals surface area contributed by atoms with E-state index in [1.165, 1.54) is 0 Å². The third-order valence-corrected chi connectivity index (χ3v) is 5.32. The Kier molecular flexibility index (Phi) is 4.63. The van der Waals surface area contributed by atoms with Crippen molar-refractivity contribution < 1.29 is 18.8 Å². The second-order valence-corrected chi connectivity index (χ2v) is 7.21. The Morgan fingerprint density at radius 3 is 2.61 bits per heavy atom. The molecule has 1 N–H and O–H groups in total. The molecule has 7 heteroatoms. The van der Waals surface area contributed by atoms with Gasteiger partial charge in [-0.1, -0.05) is 47.6 Å². The van der Waals surface area contributed by atoms with Crippen molar-refractivity contribution in [2.24, 2.45) is 0 Å². The van der Waals surface area contributed by atoms with Crippen molar-refractivity contribution in [3.05, 3.63) is 78.4 Å². The monoisotopic (exact) mass is 413 g/mol. The van der Waals surface area contributed by atoms with Crippen molar-refractivity contribution >= 4 is 28.4 Å². The number of hydrogen-bond donors (Lipinski definition) is 1. The standard InChI is InChI=1S/C24H19N3O4/c1-25-23(28)21-14-27(19-9-5-6-10-20(19)30-21)24(29)16-11-12-18-17(13-16)22(31-26-18)15-7-3-2-4-8-15/h2-13,21H,14H2,1H3,(H,25,28)/t21-/m1/s1. The molecule has 1 aliphatic heterocycles. The van der Waals surface area contributed by atoms with E-state index >= 15 is 0 Å². The van der Waals surface area contributed by atoms with Gasteiger partial charge in [0.2, 0.25) is 0 Å². The van der Waals surface area contributed by atoms with E-state index in [2.05, 4.69) is 10.5 Å². The molecule has 0 bridgehead atoms. The van der Waals surface area contributed by atoms with Gasteiger partial charge in [0.1, 0.15) is 11.3 Å². The number of anilines is 1. The average molecular weight is 413 g/mol. The largest absolute Gasteiger partial charge is 0.477 e. The Bertz CT molecular complexity index is 1280. The summed E-state index contributed by atoms with van der Waals surface area (Å²) in [6.07, 6.45) is -0.789. The Labute approximate surface area is 178 Å². The normalized spacial score (nSPS) is 15.3. The van der Waals surface area contributed by atoms with Crippen LogP contribution in [0.2, 0.25) is 0 Å². The smallest absolute Gasteiger partial charge is 0.262 e. The van der Waals surface area contributed by atoms with E-state index < -0.39 is 6.10 Å². The average Bonchev–Trinajstić information content (AvgIpc) is 3.26. The van der Waals surface area contributed by atoms with Crippen LogP contribution in [0.5, 0.6) is 5.75 Å². The number of aromatic nitrogens is 1. The van der Waals surface area contributed by atoms with Crippen molar-refractivity contribution in [1.82, 2.24) is 10.5 Å². The third-order valence-electron chi connectivity index (χ3n) is 5.32. The molecule has 4 aromatic rings. The SMILES string of the molecule is CNC(=O)[C@H]1CN(C(=O)c2ccc3noc(-c4ccccc4)c3c2)c2ccccc2O1. The number of nitrogens with one attached hydrogen (secondary N) is 1. The number of carbonyl (C=O) groups is 2. The minimum Gasteiger partial charge on any atom is -0.477 e. The third kappa shape index (κ3) is 3.30. The summed E-state index contributed by atoms with van der Waals surface area (Å²) in [6, 6.07) is 22.1. The molecule has 7 nitrogen and oxygen atoms in total. The highest BCUT2D eigenvalue weighted by Crippen LogP contribution is 2.35. The number of ether oxygens (including phenoxy) is 1. The van der Waals surface area contributed by atoms with Gasteiger partial charge < -0.3 is 19.5 Å². The first kappa shape index (κ1) is 18.9. The topological polar surface area (TPSA) is 84.7 Å². The second-order valence-electron chi connectivity index (χ2n) is 7.21. The molecule has 1 aliphatic rings. The maximum atomic E-state index is 13.5. The Morgan fingerprint density at radius 2 is 1.81 bits per heavy atom. The summed E-state index contributed by atoms with van der Waals surface area (Å²) in [6.45, 7) is 0.114. The highest BCUT2D eigenvalue weighted by Gasteiger charge is 2.34. The number of para-hydroxylation sites is 2. The van der Waals surface area contributed by atoms with Gasteiger partial charge in [0.05, 0.1) is 17.6 Å². The molecule has 1 aromatic heterocycles. The van der Waals surface area contributed by atoms with E-state index in [0.29, 0.717) is 28.3 Å². The van der Waals surface area contributed by atoms with Crippen LogP contribution in [-0.2, 0) is 4.79 Å². The van der Waals surface area contributed by atoms with Gasteiger partial charge >= 0.3 is 0 Å². The summed E-state index contributed by atoms with van der Waals surface area (Å²) in [5.41, 5.74) is 2.65. The second kappa shape index (κ2) is 7.60. The van der Waals surface area contributed by atoms with Gasteiger partial charge in [-0.15, -0.1) is 0 Å². The number of nitrogens with zero attached hydrogens (tertiary/aromatic N) is 2. The summed E-state index contributed by atoms with van der Waals surface area (Å²) in [5.74, 6) is 0.586. The van der Waals surface area contributed by atoms with Crippen molar-refractivity contribution in [1.29, 1.82) is 0 Å². The van der Waals surface area contributed by atoms with E-state index in [4.69, 9.17) is 9.26 Å². The molecule has 0 saturated carbocycles. The highest BCUT2D eigenvalue weighted by molar-refractivity contribution is 6.10. The van der Waals surface area contributed by atoms with Crippen LogP contribution in [0.1, 0.15) is 10.4 Å². The Hall–Kier alpha value is -4.13. The molecular weight excluding hydrogens is 394 g/mol. The summed E-state index contributed by atoms with van der Waals surface area (Å²) in [5, 5.41) is 7.46. The van der Waals surface area contributed by atoms with Gasteiger partial charge in [0.25, 0.3) is 11.8 Å². The lowest BCUT2D eigenvalue weighted by molar-refractivity contribution is -0.127. The van der Waals surface area contributed by atoms with Gasteiger partial charge in [-0.05, 0) is 30.3 Å². The van der Waals surface area contributed by atoms with Crippen LogP contribution in [0, 0.1) is 0 Å². The number of likely N-dealkylation sites (N-methyl/N-ethyl adjacent to an activating group) is 1. The molecule has 5 rings (SSSR count). The zero-order chi connectivity index (χ0) is 21.4. The molecule has 3 aromatic carbocycles. The van der Waals surface area contributed by atoms with Crippen molar-refractivity contribution in [3.8, 4) is 17.1 Å². The van der Waals surface area contributed by atoms with Gasteiger partial charge in [-0.2, -0.15) is 0 Å². The lowest BCUT2D eigenvalue weighted by Crippen LogP contribution is -2.50. The molecule has 0 saturated heterocycles. The zero-order valence-corrected chi connectivity index (χ0v) is 16.7. The van der Waals surface area contributed by atoms with Gasteiger partial charge in [-0.25, -0.2) is 0 Å². The fourth-order valence-electron chi connectivity index (χ4n) is 3.75. The molecule has 0 radical (unpaired) electrons. The van der Waals surface area contributed by atoms with E-state index in [1.807, 2.05) is 42.5 Å². The number of hydrogen-bond acceptors (Lipinski definition) is 5. The van der Waals surface area contributed by atoms with Crippen molar-refractivity contribution in [3.63, 3.8) is 0 Å². The van der Waals surface area contributed by atoms with Crippen molar-refractivity contribution in [2.75, 3.05) is 18.5 Å². The summed E-state index contributed by atoms with van der Waals surface area (Å²) >= 11 is 0. The highest BCUT2D eigenvalue weighted by atomic mass is 16.5. The Balaban J connectivity index is 1.56. The fourth-order valence-corrected chi connectivity index (χ4v) is 3.75.